The first-order valence-corrected chi connectivity index (χ1v) is 6.48. The number of rotatable bonds is 2. The first kappa shape index (κ1) is 11.2. The number of hydrogen-bond donors (Lipinski definition) is 0. The quantitative estimate of drug-likeness (QED) is 0.691. The molecule has 0 bridgehead atoms. The van der Waals surface area contributed by atoms with Crippen molar-refractivity contribution in [2.75, 3.05) is 0 Å². The molecule has 0 aliphatic carbocycles. The van der Waals surface area contributed by atoms with Crippen molar-refractivity contribution in [3.05, 3.63) is 70.7 Å². The molecule has 0 aliphatic rings. The zero-order chi connectivity index (χ0) is 12.4. The van der Waals surface area contributed by atoms with Gasteiger partial charge < -0.3 is 4.40 Å². The third-order valence-corrected chi connectivity index (χ3v) is 3.44. The molecule has 0 spiro atoms. The fraction of sp³-hybridized carbons (Fsp3) is 0. The van der Waals surface area contributed by atoms with Crippen LogP contribution >= 0.6 is 15.9 Å². The number of fused-ring (bicyclic) bond motifs is 1. The second-order valence-corrected chi connectivity index (χ2v) is 4.78. The maximum atomic E-state index is 4.41. The molecule has 3 heteroatoms. The summed E-state index contributed by atoms with van der Waals surface area (Å²) in [6.45, 7) is 0. The van der Waals surface area contributed by atoms with Gasteiger partial charge in [-0.15, -0.1) is 0 Å². The lowest BCUT2D eigenvalue weighted by atomic mass is 10.2. The van der Waals surface area contributed by atoms with E-state index in [0.717, 1.165) is 15.8 Å². The van der Waals surface area contributed by atoms with Crippen LogP contribution in [0.2, 0.25) is 0 Å². The van der Waals surface area contributed by atoms with Crippen LogP contribution in [0.3, 0.4) is 0 Å². The molecular weight excluding hydrogens is 288 g/mol. The van der Waals surface area contributed by atoms with Gasteiger partial charge in [-0.3, -0.25) is 4.98 Å². The zero-order valence-electron chi connectivity index (χ0n) is 9.62. The van der Waals surface area contributed by atoms with Gasteiger partial charge in [0.15, 0.2) is 0 Å². The molecular formula is C15H11BrN2. The van der Waals surface area contributed by atoms with E-state index in [1.807, 2.05) is 42.7 Å². The average Bonchev–Trinajstić information content (AvgIpc) is 2.80. The molecule has 2 aromatic heterocycles. The van der Waals surface area contributed by atoms with Crippen molar-refractivity contribution in [1.29, 1.82) is 0 Å². The number of nitrogens with zero attached hydrogens (tertiary/aromatic N) is 2. The molecule has 0 unspecified atom stereocenters. The zero-order valence-corrected chi connectivity index (χ0v) is 11.2. The Kier molecular flexibility index (Phi) is 2.99. The summed E-state index contributed by atoms with van der Waals surface area (Å²) in [6, 6.07) is 14.3. The van der Waals surface area contributed by atoms with Crippen LogP contribution in [0, 0.1) is 0 Å². The highest BCUT2D eigenvalue weighted by Crippen LogP contribution is 2.19. The Labute approximate surface area is 114 Å². The molecule has 0 radical (unpaired) electrons. The molecule has 2 heterocycles. The van der Waals surface area contributed by atoms with Crippen molar-refractivity contribution >= 4 is 33.6 Å². The van der Waals surface area contributed by atoms with Gasteiger partial charge in [-0.2, -0.15) is 0 Å². The molecule has 3 rings (SSSR count). The predicted octanol–water partition coefficient (Wildman–Crippen LogP) is 4.27. The minimum atomic E-state index is 0.965. The van der Waals surface area contributed by atoms with Gasteiger partial charge in [0, 0.05) is 12.4 Å². The van der Waals surface area contributed by atoms with Gasteiger partial charge in [0.1, 0.15) is 0 Å². The Hall–Kier alpha value is -1.87. The topological polar surface area (TPSA) is 17.3 Å². The highest BCUT2D eigenvalue weighted by Gasteiger charge is 2.02. The van der Waals surface area contributed by atoms with Gasteiger partial charge in [0.25, 0.3) is 0 Å². The summed E-state index contributed by atoms with van der Waals surface area (Å²) in [6.07, 6.45) is 7.86. The van der Waals surface area contributed by atoms with Crippen molar-refractivity contribution in [2.24, 2.45) is 0 Å². The average molecular weight is 299 g/mol. The molecule has 88 valence electrons. The maximum absolute atomic E-state index is 4.41. The van der Waals surface area contributed by atoms with Crippen LogP contribution < -0.4 is 0 Å². The Bertz CT molecular complexity index is 699. The van der Waals surface area contributed by atoms with Crippen molar-refractivity contribution in [2.45, 2.75) is 0 Å². The van der Waals surface area contributed by atoms with Crippen LogP contribution in [0.1, 0.15) is 11.3 Å². The molecule has 0 atom stereocenters. The van der Waals surface area contributed by atoms with Crippen LogP contribution in [0.15, 0.2) is 59.5 Å². The fourth-order valence-corrected chi connectivity index (χ4v) is 2.34. The molecule has 0 amide bonds. The molecule has 3 aromatic rings. The van der Waals surface area contributed by atoms with E-state index in [2.05, 4.69) is 49.6 Å². The van der Waals surface area contributed by atoms with Crippen molar-refractivity contribution in [1.82, 2.24) is 9.38 Å². The molecule has 0 saturated heterocycles. The third kappa shape index (κ3) is 2.09. The van der Waals surface area contributed by atoms with Crippen LogP contribution in [-0.4, -0.2) is 9.38 Å². The summed E-state index contributed by atoms with van der Waals surface area (Å²) in [5.74, 6) is 0. The Balaban J connectivity index is 2.03. The molecule has 0 saturated carbocycles. The Morgan fingerprint density at radius 1 is 1.00 bits per heavy atom. The van der Waals surface area contributed by atoms with E-state index in [0.29, 0.717) is 0 Å². The van der Waals surface area contributed by atoms with E-state index in [1.165, 1.54) is 5.56 Å². The van der Waals surface area contributed by atoms with Gasteiger partial charge in [-0.1, -0.05) is 36.4 Å². The van der Waals surface area contributed by atoms with E-state index < -0.39 is 0 Å². The van der Waals surface area contributed by atoms with Gasteiger partial charge in [0.05, 0.1) is 15.8 Å². The molecule has 18 heavy (non-hydrogen) atoms. The Morgan fingerprint density at radius 2 is 1.83 bits per heavy atom. The lowest BCUT2D eigenvalue weighted by Gasteiger charge is -1.99. The SMILES string of the molecule is Brc1ccc2c(C=Cc3ccccc3)nccn12. The monoisotopic (exact) mass is 298 g/mol. The van der Waals surface area contributed by atoms with E-state index in [-0.39, 0.29) is 0 Å². The van der Waals surface area contributed by atoms with Crippen molar-refractivity contribution in [3.8, 4) is 0 Å². The van der Waals surface area contributed by atoms with Gasteiger partial charge >= 0.3 is 0 Å². The second-order valence-electron chi connectivity index (χ2n) is 3.97. The summed E-state index contributed by atoms with van der Waals surface area (Å²) >= 11 is 3.51. The van der Waals surface area contributed by atoms with E-state index in [9.17, 15) is 0 Å². The maximum Gasteiger partial charge on any atom is 0.0893 e. The minimum Gasteiger partial charge on any atom is -0.307 e. The number of aromatic nitrogens is 2. The van der Waals surface area contributed by atoms with Crippen LogP contribution in [0.4, 0.5) is 0 Å². The van der Waals surface area contributed by atoms with Crippen molar-refractivity contribution < 1.29 is 0 Å². The van der Waals surface area contributed by atoms with Crippen molar-refractivity contribution in [3.63, 3.8) is 0 Å². The first-order chi connectivity index (χ1) is 8.84. The first-order valence-electron chi connectivity index (χ1n) is 5.69. The predicted molar refractivity (Wildman–Crippen MR) is 78.3 cm³/mol. The number of hydrogen-bond acceptors (Lipinski definition) is 1. The van der Waals surface area contributed by atoms with E-state index in [1.54, 1.807) is 0 Å². The normalized spacial score (nSPS) is 11.4. The Morgan fingerprint density at radius 3 is 2.67 bits per heavy atom. The standard InChI is InChI=1S/C15H11BrN2/c16-15-9-8-14-13(17-10-11-18(14)15)7-6-12-4-2-1-3-5-12/h1-11H. The summed E-state index contributed by atoms with van der Waals surface area (Å²) in [5, 5.41) is 0. The molecule has 0 N–H and O–H groups in total. The van der Waals surface area contributed by atoms with Crippen LogP contribution in [0.25, 0.3) is 17.7 Å². The summed E-state index contributed by atoms with van der Waals surface area (Å²) < 4.78 is 3.10. The van der Waals surface area contributed by atoms with Crippen LogP contribution in [0.5, 0.6) is 0 Å². The van der Waals surface area contributed by atoms with Gasteiger partial charge in [0.2, 0.25) is 0 Å². The van der Waals surface area contributed by atoms with Crippen LogP contribution in [-0.2, 0) is 0 Å². The van der Waals surface area contributed by atoms with E-state index in [4.69, 9.17) is 0 Å². The molecule has 2 nitrogen and oxygen atoms in total. The largest absolute Gasteiger partial charge is 0.307 e. The lowest BCUT2D eigenvalue weighted by Crippen LogP contribution is -1.89. The van der Waals surface area contributed by atoms with E-state index >= 15 is 0 Å². The smallest absolute Gasteiger partial charge is 0.0893 e. The fourth-order valence-electron chi connectivity index (χ4n) is 1.90. The molecule has 1 aromatic carbocycles. The highest BCUT2D eigenvalue weighted by molar-refractivity contribution is 9.10. The van der Waals surface area contributed by atoms with Gasteiger partial charge in [-0.25, -0.2) is 0 Å². The molecule has 0 aliphatic heterocycles. The van der Waals surface area contributed by atoms with Gasteiger partial charge in [-0.05, 0) is 39.7 Å². The summed E-state index contributed by atoms with van der Waals surface area (Å²) in [4.78, 5) is 4.41. The number of benzene rings is 1. The highest BCUT2D eigenvalue weighted by atomic mass is 79.9. The summed E-state index contributed by atoms with van der Waals surface area (Å²) in [5.41, 5.74) is 3.23. The lowest BCUT2D eigenvalue weighted by molar-refractivity contribution is 1.10. The second kappa shape index (κ2) is 4.78. The minimum absolute atomic E-state index is 0.965. The number of halogens is 1. The third-order valence-electron chi connectivity index (χ3n) is 2.79. The summed E-state index contributed by atoms with van der Waals surface area (Å²) in [7, 11) is 0. The molecule has 0 fully saturated rings.